The molecule has 0 aliphatic carbocycles. The summed E-state index contributed by atoms with van der Waals surface area (Å²) in [5.41, 5.74) is 0.855. The van der Waals surface area contributed by atoms with Gasteiger partial charge in [-0.05, 0) is 18.9 Å². The summed E-state index contributed by atoms with van der Waals surface area (Å²) >= 11 is 0. The Bertz CT molecular complexity index is 429. The Labute approximate surface area is 118 Å². The van der Waals surface area contributed by atoms with Crippen molar-refractivity contribution in [2.24, 2.45) is 0 Å². The first-order chi connectivity index (χ1) is 9.52. The molecule has 0 radical (unpaired) electrons. The number of hydrogen-bond donors (Lipinski definition) is 2. The number of ketones is 1. The van der Waals surface area contributed by atoms with Crippen LogP contribution in [0.1, 0.15) is 37.9 Å². The van der Waals surface area contributed by atoms with Crippen LogP contribution in [0.15, 0.2) is 30.3 Å². The van der Waals surface area contributed by atoms with Gasteiger partial charge in [0.1, 0.15) is 18.3 Å². The summed E-state index contributed by atoms with van der Waals surface area (Å²) < 4.78 is 5.16. The van der Waals surface area contributed by atoms with E-state index in [1.807, 2.05) is 30.3 Å². The number of aliphatic hydroxyl groups is 2. The fraction of sp³-hybridized carbons (Fsp3) is 0.467. The molecular weight excluding hydrogens is 260 g/mol. The van der Waals surface area contributed by atoms with E-state index in [1.54, 1.807) is 6.92 Å². The molecule has 110 valence electrons. The van der Waals surface area contributed by atoms with E-state index in [9.17, 15) is 14.7 Å². The Kier molecular flexibility index (Phi) is 6.90. The van der Waals surface area contributed by atoms with Crippen molar-refractivity contribution in [2.45, 2.75) is 38.4 Å². The summed E-state index contributed by atoms with van der Waals surface area (Å²) in [6, 6.07) is 9.23. The molecule has 0 saturated heterocycles. The molecule has 0 fully saturated rings. The lowest BCUT2D eigenvalue weighted by Gasteiger charge is -2.13. The fourth-order valence-corrected chi connectivity index (χ4v) is 1.78. The normalized spacial score (nSPS) is 13.6. The Hall–Kier alpha value is -1.72. The lowest BCUT2D eigenvalue weighted by molar-refractivity contribution is -0.150. The van der Waals surface area contributed by atoms with Gasteiger partial charge in [-0.15, -0.1) is 0 Å². The van der Waals surface area contributed by atoms with Crippen molar-refractivity contribution in [3.05, 3.63) is 35.9 Å². The summed E-state index contributed by atoms with van der Waals surface area (Å²) in [5, 5.41) is 18.0. The number of carbonyl (C=O) groups excluding carboxylic acids is 2. The lowest BCUT2D eigenvalue weighted by Crippen LogP contribution is -2.19. The Morgan fingerprint density at radius 1 is 1.25 bits per heavy atom. The highest BCUT2D eigenvalue weighted by molar-refractivity contribution is 5.95. The first-order valence-electron chi connectivity index (χ1n) is 6.58. The molecule has 0 unspecified atom stereocenters. The predicted octanol–water partition coefficient (Wildman–Crippen LogP) is 1.38. The van der Waals surface area contributed by atoms with Crippen molar-refractivity contribution in [2.75, 3.05) is 6.61 Å². The van der Waals surface area contributed by atoms with Crippen molar-refractivity contribution < 1.29 is 24.5 Å². The van der Waals surface area contributed by atoms with Gasteiger partial charge in [-0.1, -0.05) is 30.3 Å². The van der Waals surface area contributed by atoms with Crippen LogP contribution in [-0.2, 0) is 14.3 Å². The van der Waals surface area contributed by atoms with Crippen molar-refractivity contribution in [1.29, 1.82) is 0 Å². The summed E-state index contributed by atoms with van der Waals surface area (Å²) in [4.78, 5) is 23.1. The van der Waals surface area contributed by atoms with E-state index in [-0.39, 0.29) is 25.9 Å². The smallest absolute Gasteiger partial charge is 0.313 e. The molecule has 0 aliphatic heterocycles. The second-order valence-electron chi connectivity index (χ2n) is 4.63. The Morgan fingerprint density at radius 2 is 1.90 bits per heavy atom. The van der Waals surface area contributed by atoms with Crippen LogP contribution in [0.3, 0.4) is 0 Å². The number of hydrogen-bond acceptors (Lipinski definition) is 5. The molecule has 0 aliphatic rings. The van der Waals surface area contributed by atoms with E-state index in [0.717, 1.165) is 5.56 Å². The fourth-order valence-electron chi connectivity index (χ4n) is 1.78. The molecule has 2 N–H and O–H groups in total. The number of Topliss-reactive ketones (excluding diaryl/α,β-unsaturated/α-hetero) is 1. The third kappa shape index (κ3) is 5.95. The van der Waals surface area contributed by atoms with Gasteiger partial charge in [0, 0.05) is 13.0 Å². The maximum atomic E-state index is 11.6. The van der Waals surface area contributed by atoms with Crippen LogP contribution in [0, 0.1) is 0 Å². The second kappa shape index (κ2) is 8.45. The number of ether oxygens (including phenoxy) is 1. The standard InChI is InChI=1S/C15H20O5/c1-11(12-5-3-2-4-6-12)20-15(19)10-14(18)9-13(17)7-8-16/h2-6,11,13,16-17H,7-10H2,1H3/t11-,13-/m0/s1. The van der Waals surface area contributed by atoms with Crippen LogP contribution in [-0.4, -0.2) is 34.7 Å². The minimum atomic E-state index is -0.910. The quantitative estimate of drug-likeness (QED) is 0.555. The Morgan fingerprint density at radius 3 is 2.50 bits per heavy atom. The summed E-state index contributed by atoms with van der Waals surface area (Å²) in [7, 11) is 0. The monoisotopic (exact) mass is 280 g/mol. The summed E-state index contributed by atoms with van der Waals surface area (Å²) in [6.07, 6.45) is -1.71. The third-order valence-corrected chi connectivity index (χ3v) is 2.84. The molecule has 1 aromatic rings. The van der Waals surface area contributed by atoms with Crippen LogP contribution in [0.4, 0.5) is 0 Å². The van der Waals surface area contributed by atoms with Gasteiger partial charge >= 0.3 is 5.97 Å². The van der Waals surface area contributed by atoms with E-state index in [2.05, 4.69) is 0 Å². The van der Waals surface area contributed by atoms with Gasteiger partial charge in [-0.2, -0.15) is 0 Å². The number of esters is 1. The van der Waals surface area contributed by atoms with Crippen LogP contribution < -0.4 is 0 Å². The van der Waals surface area contributed by atoms with Gasteiger partial charge < -0.3 is 14.9 Å². The van der Waals surface area contributed by atoms with Gasteiger partial charge in [0.2, 0.25) is 0 Å². The van der Waals surface area contributed by atoms with Crippen LogP contribution in [0.25, 0.3) is 0 Å². The van der Waals surface area contributed by atoms with E-state index in [1.165, 1.54) is 0 Å². The first kappa shape index (κ1) is 16.3. The molecule has 0 heterocycles. The Balaban J connectivity index is 2.38. The number of benzene rings is 1. The molecule has 0 spiro atoms. The topological polar surface area (TPSA) is 83.8 Å². The number of carbonyl (C=O) groups is 2. The van der Waals surface area contributed by atoms with Crippen LogP contribution in [0.5, 0.6) is 0 Å². The highest BCUT2D eigenvalue weighted by atomic mass is 16.5. The van der Waals surface area contributed by atoms with Crippen LogP contribution in [0.2, 0.25) is 0 Å². The SMILES string of the molecule is C[C@H](OC(=O)CC(=O)C[C@@H](O)CCO)c1ccccc1. The highest BCUT2D eigenvalue weighted by Crippen LogP contribution is 2.16. The molecule has 5 heteroatoms. The van der Waals surface area contributed by atoms with Crippen molar-refractivity contribution >= 4 is 11.8 Å². The van der Waals surface area contributed by atoms with Gasteiger partial charge in [0.25, 0.3) is 0 Å². The number of aliphatic hydroxyl groups excluding tert-OH is 2. The van der Waals surface area contributed by atoms with Gasteiger partial charge in [-0.25, -0.2) is 0 Å². The maximum absolute atomic E-state index is 11.6. The largest absolute Gasteiger partial charge is 0.457 e. The van der Waals surface area contributed by atoms with Crippen molar-refractivity contribution in [3.8, 4) is 0 Å². The number of rotatable bonds is 8. The molecule has 2 atom stereocenters. The molecule has 0 bridgehead atoms. The maximum Gasteiger partial charge on any atom is 0.313 e. The average Bonchev–Trinajstić information content (AvgIpc) is 2.39. The van der Waals surface area contributed by atoms with E-state index in [4.69, 9.17) is 9.84 Å². The van der Waals surface area contributed by atoms with Crippen LogP contribution >= 0.6 is 0 Å². The molecule has 0 saturated carbocycles. The third-order valence-electron chi connectivity index (χ3n) is 2.84. The predicted molar refractivity (Wildman–Crippen MR) is 72.9 cm³/mol. The molecule has 0 amide bonds. The molecule has 20 heavy (non-hydrogen) atoms. The summed E-state index contributed by atoms with van der Waals surface area (Å²) in [5.74, 6) is -1.00. The minimum absolute atomic E-state index is 0.126. The molecule has 1 aromatic carbocycles. The molecule has 5 nitrogen and oxygen atoms in total. The zero-order chi connectivity index (χ0) is 15.0. The molecular formula is C15H20O5. The second-order valence-corrected chi connectivity index (χ2v) is 4.63. The lowest BCUT2D eigenvalue weighted by atomic mass is 10.1. The van der Waals surface area contributed by atoms with Gasteiger partial charge in [0.15, 0.2) is 0 Å². The van der Waals surface area contributed by atoms with E-state index >= 15 is 0 Å². The van der Waals surface area contributed by atoms with Crippen molar-refractivity contribution in [1.82, 2.24) is 0 Å². The van der Waals surface area contributed by atoms with Crippen molar-refractivity contribution in [3.63, 3.8) is 0 Å². The highest BCUT2D eigenvalue weighted by Gasteiger charge is 2.17. The minimum Gasteiger partial charge on any atom is -0.457 e. The zero-order valence-corrected chi connectivity index (χ0v) is 11.5. The molecule has 1 rings (SSSR count). The first-order valence-corrected chi connectivity index (χ1v) is 6.58. The van der Waals surface area contributed by atoms with E-state index in [0.29, 0.717) is 0 Å². The van der Waals surface area contributed by atoms with Gasteiger partial charge in [-0.3, -0.25) is 9.59 Å². The van der Waals surface area contributed by atoms with Gasteiger partial charge in [0.05, 0.1) is 6.10 Å². The van der Waals surface area contributed by atoms with E-state index < -0.39 is 24.0 Å². The molecule has 0 aromatic heterocycles. The summed E-state index contributed by atoms with van der Waals surface area (Å²) in [6.45, 7) is 1.54. The zero-order valence-electron chi connectivity index (χ0n) is 11.5. The average molecular weight is 280 g/mol.